The Morgan fingerprint density at radius 2 is 2.20 bits per heavy atom. The molecule has 0 amide bonds. The summed E-state index contributed by atoms with van der Waals surface area (Å²) < 4.78 is 15.0. The molecule has 4 heteroatoms. The van der Waals surface area contributed by atoms with Crippen molar-refractivity contribution in [3.05, 3.63) is 24.4 Å². The minimum Gasteiger partial charge on any atom is -0.399 e. The van der Waals surface area contributed by atoms with E-state index in [1.165, 1.54) is 13.8 Å². The second kappa shape index (κ2) is 3.22. The third kappa shape index (κ3) is 2.26. The summed E-state index contributed by atoms with van der Waals surface area (Å²) in [4.78, 5) is 0. The molecule has 0 saturated heterocycles. The van der Waals surface area contributed by atoms with Crippen LogP contribution < -0.4 is 5.73 Å². The first-order valence-corrected chi connectivity index (χ1v) is 4.86. The van der Waals surface area contributed by atoms with E-state index in [0.717, 1.165) is 10.9 Å². The summed E-state index contributed by atoms with van der Waals surface area (Å²) in [6.07, 6.45) is 1.83. The number of halogens is 1. The molecule has 0 aliphatic carbocycles. The van der Waals surface area contributed by atoms with Crippen molar-refractivity contribution in [3.63, 3.8) is 0 Å². The maximum Gasteiger partial charge on any atom is 0.124 e. The fourth-order valence-electron chi connectivity index (χ4n) is 1.55. The summed E-state index contributed by atoms with van der Waals surface area (Å²) in [5.41, 5.74) is 5.86. The molecule has 0 fully saturated rings. The molecule has 3 nitrogen and oxygen atoms in total. The standard InChI is InChI=1S/C11H14FN3/c1-11(2,12)7-15-6-8-3-4-9(13)5-10(8)14-15/h3-6H,7,13H2,1-2H3. The van der Waals surface area contributed by atoms with Crippen molar-refractivity contribution in [1.29, 1.82) is 0 Å². The van der Waals surface area contributed by atoms with Crippen LogP contribution >= 0.6 is 0 Å². The quantitative estimate of drug-likeness (QED) is 0.768. The minimum absolute atomic E-state index is 0.252. The van der Waals surface area contributed by atoms with E-state index in [4.69, 9.17) is 5.73 Å². The average Bonchev–Trinajstić information content (AvgIpc) is 2.42. The zero-order valence-electron chi connectivity index (χ0n) is 8.87. The minimum atomic E-state index is -1.26. The first kappa shape index (κ1) is 9.96. The Kier molecular flexibility index (Phi) is 2.14. The van der Waals surface area contributed by atoms with Crippen molar-refractivity contribution in [2.24, 2.45) is 0 Å². The summed E-state index contributed by atoms with van der Waals surface area (Å²) in [6.45, 7) is 3.32. The van der Waals surface area contributed by atoms with E-state index in [-0.39, 0.29) is 6.54 Å². The molecule has 2 aromatic rings. The highest BCUT2D eigenvalue weighted by molar-refractivity contribution is 5.81. The number of nitrogen functional groups attached to an aromatic ring is 1. The van der Waals surface area contributed by atoms with E-state index < -0.39 is 5.67 Å². The molecule has 0 atom stereocenters. The number of nitrogens with two attached hydrogens (primary N) is 1. The zero-order chi connectivity index (χ0) is 11.1. The molecule has 0 saturated carbocycles. The lowest BCUT2D eigenvalue weighted by Gasteiger charge is -2.12. The van der Waals surface area contributed by atoms with Gasteiger partial charge < -0.3 is 5.73 Å². The van der Waals surface area contributed by atoms with Gasteiger partial charge >= 0.3 is 0 Å². The second-order valence-corrected chi connectivity index (χ2v) is 4.36. The van der Waals surface area contributed by atoms with Crippen molar-refractivity contribution in [2.75, 3.05) is 5.73 Å². The lowest BCUT2D eigenvalue weighted by molar-refractivity contribution is 0.180. The molecule has 1 aromatic heterocycles. The predicted octanol–water partition coefficient (Wildman–Crippen LogP) is 2.37. The van der Waals surface area contributed by atoms with Gasteiger partial charge in [-0.2, -0.15) is 5.10 Å². The fraction of sp³-hybridized carbons (Fsp3) is 0.364. The molecule has 0 radical (unpaired) electrons. The summed E-state index contributed by atoms with van der Waals surface area (Å²) in [5, 5.41) is 5.24. The molecule has 2 N–H and O–H groups in total. The van der Waals surface area contributed by atoms with E-state index in [1.807, 2.05) is 18.3 Å². The Morgan fingerprint density at radius 1 is 1.47 bits per heavy atom. The van der Waals surface area contributed by atoms with Gasteiger partial charge in [0.1, 0.15) is 5.67 Å². The number of hydrogen-bond donors (Lipinski definition) is 1. The molecule has 1 aromatic carbocycles. The summed E-state index contributed by atoms with van der Waals surface area (Å²) in [5.74, 6) is 0. The lowest BCUT2D eigenvalue weighted by Crippen LogP contribution is -2.21. The van der Waals surface area contributed by atoms with Gasteiger partial charge in [0.15, 0.2) is 0 Å². The van der Waals surface area contributed by atoms with Gasteiger partial charge in [-0.3, -0.25) is 4.68 Å². The largest absolute Gasteiger partial charge is 0.399 e. The molecular weight excluding hydrogens is 193 g/mol. The van der Waals surface area contributed by atoms with Crippen LogP contribution in [0.25, 0.3) is 10.9 Å². The van der Waals surface area contributed by atoms with Crippen molar-refractivity contribution in [2.45, 2.75) is 26.1 Å². The van der Waals surface area contributed by atoms with E-state index in [1.54, 1.807) is 10.7 Å². The van der Waals surface area contributed by atoms with Gasteiger partial charge in [-0.15, -0.1) is 0 Å². The van der Waals surface area contributed by atoms with Crippen LogP contribution in [0.1, 0.15) is 13.8 Å². The maximum absolute atomic E-state index is 13.4. The van der Waals surface area contributed by atoms with Crippen LogP contribution in [0.3, 0.4) is 0 Å². The van der Waals surface area contributed by atoms with Gasteiger partial charge in [0.05, 0.1) is 12.1 Å². The van der Waals surface area contributed by atoms with Gasteiger partial charge in [-0.1, -0.05) is 0 Å². The zero-order valence-corrected chi connectivity index (χ0v) is 8.87. The number of alkyl halides is 1. The predicted molar refractivity (Wildman–Crippen MR) is 59.3 cm³/mol. The molecule has 2 rings (SSSR count). The third-order valence-electron chi connectivity index (χ3n) is 2.12. The highest BCUT2D eigenvalue weighted by Gasteiger charge is 2.16. The Hall–Kier alpha value is -1.58. The molecule has 1 heterocycles. The Bertz CT molecular complexity index is 482. The van der Waals surface area contributed by atoms with Crippen molar-refractivity contribution >= 4 is 16.6 Å². The van der Waals surface area contributed by atoms with Crippen LogP contribution in [0, 0.1) is 0 Å². The summed E-state index contributed by atoms with van der Waals surface area (Å²) in [7, 11) is 0. The highest BCUT2D eigenvalue weighted by Crippen LogP contribution is 2.18. The second-order valence-electron chi connectivity index (χ2n) is 4.36. The van der Waals surface area contributed by atoms with Gasteiger partial charge in [0, 0.05) is 17.3 Å². The number of aromatic nitrogens is 2. The summed E-state index contributed by atoms with van der Waals surface area (Å²) in [6, 6.07) is 5.49. The third-order valence-corrected chi connectivity index (χ3v) is 2.12. The monoisotopic (exact) mass is 207 g/mol. The molecule has 0 aliphatic rings. The first-order valence-electron chi connectivity index (χ1n) is 4.86. The lowest BCUT2D eigenvalue weighted by atomic mass is 10.2. The van der Waals surface area contributed by atoms with E-state index in [9.17, 15) is 4.39 Å². The topological polar surface area (TPSA) is 43.8 Å². The van der Waals surface area contributed by atoms with Crippen LogP contribution in [-0.2, 0) is 6.54 Å². The molecule has 0 unspecified atom stereocenters. The number of benzene rings is 1. The molecule has 0 spiro atoms. The maximum atomic E-state index is 13.4. The first-order chi connectivity index (χ1) is 6.94. The molecule has 0 aliphatic heterocycles. The van der Waals surface area contributed by atoms with Gasteiger partial charge in [-0.05, 0) is 32.0 Å². The van der Waals surface area contributed by atoms with Crippen LogP contribution in [0.4, 0.5) is 10.1 Å². The van der Waals surface area contributed by atoms with Crippen molar-refractivity contribution in [3.8, 4) is 0 Å². The van der Waals surface area contributed by atoms with Crippen LogP contribution in [0.2, 0.25) is 0 Å². The SMILES string of the molecule is CC(C)(F)Cn1cc2ccc(N)cc2n1. The average molecular weight is 207 g/mol. The van der Waals surface area contributed by atoms with Crippen LogP contribution in [0.5, 0.6) is 0 Å². The Balaban J connectivity index is 2.39. The number of nitrogens with zero attached hydrogens (tertiary/aromatic N) is 2. The van der Waals surface area contributed by atoms with Crippen molar-refractivity contribution < 1.29 is 4.39 Å². The molecule has 80 valence electrons. The van der Waals surface area contributed by atoms with Gasteiger partial charge in [0.25, 0.3) is 0 Å². The number of rotatable bonds is 2. The molecule has 15 heavy (non-hydrogen) atoms. The van der Waals surface area contributed by atoms with Crippen LogP contribution in [0.15, 0.2) is 24.4 Å². The van der Waals surface area contributed by atoms with Gasteiger partial charge in [0.2, 0.25) is 0 Å². The smallest absolute Gasteiger partial charge is 0.124 e. The highest BCUT2D eigenvalue weighted by atomic mass is 19.1. The number of anilines is 1. The van der Waals surface area contributed by atoms with Crippen molar-refractivity contribution in [1.82, 2.24) is 9.78 Å². The molecule has 0 bridgehead atoms. The van der Waals surface area contributed by atoms with Gasteiger partial charge in [-0.25, -0.2) is 4.39 Å². The van der Waals surface area contributed by atoms with E-state index in [0.29, 0.717) is 5.69 Å². The van der Waals surface area contributed by atoms with E-state index >= 15 is 0 Å². The van der Waals surface area contributed by atoms with Crippen LogP contribution in [-0.4, -0.2) is 15.4 Å². The van der Waals surface area contributed by atoms with E-state index in [2.05, 4.69) is 5.10 Å². The summed E-state index contributed by atoms with van der Waals surface area (Å²) >= 11 is 0. The normalized spacial score (nSPS) is 12.2. The number of fused-ring (bicyclic) bond motifs is 1. The number of hydrogen-bond acceptors (Lipinski definition) is 2. The fourth-order valence-corrected chi connectivity index (χ4v) is 1.55. The molecular formula is C11H14FN3. The Labute approximate surface area is 87.7 Å². The Morgan fingerprint density at radius 3 is 2.87 bits per heavy atom.